The smallest absolute Gasteiger partial charge is 0.249 e. The maximum Gasteiger partial charge on any atom is 0.249 e. The number of carbonyl (C=O) groups excluding carboxylic acids is 1. The van der Waals surface area contributed by atoms with Crippen LogP contribution in [0.2, 0.25) is 5.02 Å². The van der Waals surface area contributed by atoms with Gasteiger partial charge in [0.2, 0.25) is 5.91 Å². The fourth-order valence-electron chi connectivity index (χ4n) is 1.89. The standard InChI is InChI=1S/C14H16ClNO2/c1-11(10-12-2-4-13(15)5-3-12)14(17)16-6-8-18-9-7-16/h2-5,10H,6-9H2,1H3/b11-10+. The molecule has 2 rings (SSSR count). The van der Waals surface area contributed by atoms with Crippen molar-refractivity contribution in [1.82, 2.24) is 4.90 Å². The first-order chi connectivity index (χ1) is 8.66. The number of benzene rings is 1. The van der Waals surface area contributed by atoms with E-state index in [0.29, 0.717) is 31.3 Å². The highest BCUT2D eigenvalue weighted by atomic mass is 35.5. The highest BCUT2D eigenvalue weighted by Crippen LogP contribution is 2.14. The SMILES string of the molecule is C/C(=C\c1ccc(Cl)cc1)C(=O)N1CCOCC1. The Bertz CT molecular complexity index is 447. The van der Waals surface area contributed by atoms with E-state index in [0.717, 1.165) is 11.1 Å². The summed E-state index contributed by atoms with van der Waals surface area (Å²) in [5.41, 5.74) is 1.72. The Morgan fingerprint density at radius 2 is 1.89 bits per heavy atom. The lowest BCUT2D eigenvalue weighted by molar-refractivity contribution is -0.130. The maximum atomic E-state index is 12.1. The number of morpholine rings is 1. The number of rotatable bonds is 2. The molecule has 0 aliphatic carbocycles. The first-order valence-corrected chi connectivity index (χ1v) is 6.35. The fraction of sp³-hybridized carbons (Fsp3) is 0.357. The first-order valence-electron chi connectivity index (χ1n) is 5.98. The summed E-state index contributed by atoms with van der Waals surface area (Å²) in [7, 11) is 0. The van der Waals surface area contributed by atoms with E-state index in [-0.39, 0.29) is 5.91 Å². The van der Waals surface area contributed by atoms with Crippen LogP contribution in [0.5, 0.6) is 0 Å². The van der Waals surface area contributed by atoms with Gasteiger partial charge in [-0.05, 0) is 30.7 Å². The number of amides is 1. The quantitative estimate of drug-likeness (QED) is 0.770. The van der Waals surface area contributed by atoms with Crippen LogP contribution >= 0.6 is 11.6 Å². The van der Waals surface area contributed by atoms with Gasteiger partial charge in [-0.3, -0.25) is 4.79 Å². The summed E-state index contributed by atoms with van der Waals surface area (Å²) in [5.74, 6) is 0.0771. The minimum absolute atomic E-state index is 0.0771. The molecule has 96 valence electrons. The minimum atomic E-state index is 0.0771. The molecule has 0 saturated carbocycles. The summed E-state index contributed by atoms with van der Waals surface area (Å²) < 4.78 is 5.23. The monoisotopic (exact) mass is 265 g/mol. The Hall–Kier alpha value is -1.32. The molecule has 1 heterocycles. The zero-order chi connectivity index (χ0) is 13.0. The van der Waals surface area contributed by atoms with E-state index in [1.54, 1.807) is 0 Å². The average molecular weight is 266 g/mol. The molecule has 1 saturated heterocycles. The lowest BCUT2D eigenvalue weighted by Crippen LogP contribution is -2.41. The Balaban J connectivity index is 2.07. The van der Waals surface area contributed by atoms with Gasteiger partial charge in [-0.2, -0.15) is 0 Å². The highest BCUT2D eigenvalue weighted by Gasteiger charge is 2.17. The third kappa shape index (κ3) is 3.34. The van der Waals surface area contributed by atoms with Crippen LogP contribution in [-0.2, 0) is 9.53 Å². The van der Waals surface area contributed by atoms with Crippen molar-refractivity contribution in [3.8, 4) is 0 Å². The van der Waals surface area contributed by atoms with Crippen LogP contribution in [0.4, 0.5) is 0 Å². The van der Waals surface area contributed by atoms with E-state index in [2.05, 4.69) is 0 Å². The van der Waals surface area contributed by atoms with Crippen molar-refractivity contribution in [2.45, 2.75) is 6.92 Å². The Morgan fingerprint density at radius 1 is 1.28 bits per heavy atom. The molecule has 1 aliphatic rings. The summed E-state index contributed by atoms with van der Waals surface area (Å²) in [6.45, 7) is 4.43. The summed E-state index contributed by atoms with van der Waals surface area (Å²) >= 11 is 5.82. The van der Waals surface area contributed by atoms with Gasteiger partial charge in [0.15, 0.2) is 0 Å². The molecule has 0 radical (unpaired) electrons. The van der Waals surface area contributed by atoms with Crippen LogP contribution in [0.15, 0.2) is 29.8 Å². The molecule has 0 spiro atoms. The second kappa shape index (κ2) is 6.03. The molecule has 0 aromatic heterocycles. The molecule has 0 unspecified atom stereocenters. The topological polar surface area (TPSA) is 29.5 Å². The number of nitrogens with zero attached hydrogens (tertiary/aromatic N) is 1. The number of halogens is 1. The zero-order valence-electron chi connectivity index (χ0n) is 10.4. The summed E-state index contributed by atoms with van der Waals surface area (Å²) in [6.07, 6.45) is 1.88. The van der Waals surface area contributed by atoms with Gasteiger partial charge in [0, 0.05) is 23.7 Å². The van der Waals surface area contributed by atoms with E-state index in [1.807, 2.05) is 42.2 Å². The molecular formula is C14H16ClNO2. The average Bonchev–Trinajstić information content (AvgIpc) is 2.41. The fourth-order valence-corrected chi connectivity index (χ4v) is 2.01. The predicted octanol–water partition coefficient (Wildman–Crippen LogP) is 2.60. The Morgan fingerprint density at radius 3 is 2.50 bits per heavy atom. The van der Waals surface area contributed by atoms with Crippen molar-refractivity contribution in [2.75, 3.05) is 26.3 Å². The molecule has 0 N–H and O–H groups in total. The molecule has 3 nitrogen and oxygen atoms in total. The van der Waals surface area contributed by atoms with E-state index in [1.165, 1.54) is 0 Å². The van der Waals surface area contributed by atoms with E-state index in [4.69, 9.17) is 16.3 Å². The lowest BCUT2D eigenvalue weighted by atomic mass is 10.1. The molecule has 4 heteroatoms. The second-order valence-electron chi connectivity index (χ2n) is 4.28. The molecular weight excluding hydrogens is 250 g/mol. The van der Waals surface area contributed by atoms with Crippen LogP contribution in [0.1, 0.15) is 12.5 Å². The van der Waals surface area contributed by atoms with Gasteiger partial charge >= 0.3 is 0 Å². The molecule has 18 heavy (non-hydrogen) atoms. The van der Waals surface area contributed by atoms with Crippen molar-refractivity contribution >= 4 is 23.6 Å². The van der Waals surface area contributed by atoms with Gasteiger partial charge in [-0.25, -0.2) is 0 Å². The third-order valence-corrected chi connectivity index (χ3v) is 3.14. The van der Waals surface area contributed by atoms with Gasteiger partial charge < -0.3 is 9.64 Å². The van der Waals surface area contributed by atoms with Gasteiger partial charge in [0.05, 0.1) is 13.2 Å². The normalized spacial score (nSPS) is 16.8. The van der Waals surface area contributed by atoms with E-state index < -0.39 is 0 Å². The number of hydrogen-bond donors (Lipinski definition) is 0. The molecule has 0 atom stereocenters. The van der Waals surface area contributed by atoms with Crippen molar-refractivity contribution in [1.29, 1.82) is 0 Å². The summed E-state index contributed by atoms with van der Waals surface area (Å²) in [4.78, 5) is 14.0. The molecule has 1 aliphatic heterocycles. The van der Waals surface area contributed by atoms with Crippen LogP contribution in [0.25, 0.3) is 6.08 Å². The largest absolute Gasteiger partial charge is 0.378 e. The van der Waals surface area contributed by atoms with Gasteiger partial charge in [0.1, 0.15) is 0 Å². The first kappa shape index (κ1) is 13.1. The van der Waals surface area contributed by atoms with Crippen molar-refractivity contribution in [3.05, 3.63) is 40.4 Å². The Labute approximate surface area is 112 Å². The number of ether oxygens (including phenoxy) is 1. The zero-order valence-corrected chi connectivity index (χ0v) is 11.1. The van der Waals surface area contributed by atoms with Crippen molar-refractivity contribution in [2.24, 2.45) is 0 Å². The summed E-state index contributed by atoms with van der Waals surface area (Å²) in [5, 5.41) is 0.698. The molecule has 1 amide bonds. The molecule has 0 bridgehead atoms. The highest BCUT2D eigenvalue weighted by molar-refractivity contribution is 6.30. The number of carbonyl (C=O) groups is 1. The van der Waals surface area contributed by atoms with Gasteiger partial charge in [0.25, 0.3) is 0 Å². The van der Waals surface area contributed by atoms with Crippen molar-refractivity contribution < 1.29 is 9.53 Å². The van der Waals surface area contributed by atoms with Crippen LogP contribution in [0, 0.1) is 0 Å². The summed E-state index contributed by atoms with van der Waals surface area (Å²) in [6, 6.07) is 7.44. The van der Waals surface area contributed by atoms with Crippen LogP contribution in [0.3, 0.4) is 0 Å². The molecule has 1 aromatic carbocycles. The van der Waals surface area contributed by atoms with Gasteiger partial charge in [-0.1, -0.05) is 23.7 Å². The molecule has 1 aromatic rings. The Kier molecular flexibility index (Phi) is 4.39. The van der Waals surface area contributed by atoms with Crippen molar-refractivity contribution in [3.63, 3.8) is 0 Å². The maximum absolute atomic E-state index is 12.1. The van der Waals surface area contributed by atoms with Gasteiger partial charge in [-0.15, -0.1) is 0 Å². The lowest BCUT2D eigenvalue weighted by Gasteiger charge is -2.27. The van der Waals surface area contributed by atoms with Crippen LogP contribution < -0.4 is 0 Å². The van der Waals surface area contributed by atoms with E-state index >= 15 is 0 Å². The number of hydrogen-bond acceptors (Lipinski definition) is 2. The minimum Gasteiger partial charge on any atom is -0.378 e. The predicted molar refractivity (Wildman–Crippen MR) is 72.5 cm³/mol. The second-order valence-corrected chi connectivity index (χ2v) is 4.72. The van der Waals surface area contributed by atoms with Crippen LogP contribution in [-0.4, -0.2) is 37.1 Å². The van der Waals surface area contributed by atoms with E-state index in [9.17, 15) is 4.79 Å². The third-order valence-electron chi connectivity index (χ3n) is 2.89. The molecule has 1 fully saturated rings.